The summed E-state index contributed by atoms with van der Waals surface area (Å²) in [6.07, 6.45) is 6.46. The van der Waals surface area contributed by atoms with Crippen molar-refractivity contribution in [2.45, 2.75) is 70.8 Å². The van der Waals surface area contributed by atoms with Crippen LogP contribution in [0.2, 0.25) is 0 Å². The van der Waals surface area contributed by atoms with E-state index in [2.05, 4.69) is 38.2 Å². The van der Waals surface area contributed by atoms with E-state index >= 15 is 0 Å². The topological polar surface area (TPSA) is 38.3 Å². The molecule has 1 saturated carbocycles. The predicted molar refractivity (Wildman–Crippen MR) is 90.3 cm³/mol. The molecule has 0 saturated heterocycles. The Balaban J connectivity index is 1.70. The van der Waals surface area contributed by atoms with Gasteiger partial charge in [0.25, 0.3) is 0 Å². The Labute approximate surface area is 134 Å². The third-order valence-electron chi connectivity index (χ3n) is 4.29. The maximum atomic E-state index is 11.9. The molecule has 0 heterocycles. The Morgan fingerprint density at radius 2 is 1.77 bits per heavy atom. The first-order valence-corrected chi connectivity index (χ1v) is 8.48. The summed E-state index contributed by atoms with van der Waals surface area (Å²) in [6, 6.07) is 8.54. The zero-order chi connectivity index (χ0) is 16.0. The SMILES string of the molecule is CC(C)(C)c1ccc(OCCC(=O)NC2CCCCC2)cc1. The van der Waals surface area contributed by atoms with E-state index in [-0.39, 0.29) is 11.3 Å². The molecular formula is C19H29NO2. The van der Waals surface area contributed by atoms with Gasteiger partial charge in [0, 0.05) is 6.04 Å². The number of amides is 1. The van der Waals surface area contributed by atoms with Crippen molar-refractivity contribution in [2.24, 2.45) is 0 Å². The summed E-state index contributed by atoms with van der Waals surface area (Å²) in [5.74, 6) is 0.941. The van der Waals surface area contributed by atoms with Crippen molar-refractivity contribution in [1.29, 1.82) is 0 Å². The van der Waals surface area contributed by atoms with Crippen LogP contribution >= 0.6 is 0 Å². The highest BCUT2D eigenvalue weighted by atomic mass is 16.5. The minimum absolute atomic E-state index is 0.109. The zero-order valence-corrected chi connectivity index (χ0v) is 14.2. The van der Waals surface area contributed by atoms with Gasteiger partial charge in [-0.1, -0.05) is 52.2 Å². The highest BCUT2D eigenvalue weighted by Crippen LogP contribution is 2.24. The maximum Gasteiger partial charge on any atom is 0.223 e. The van der Waals surface area contributed by atoms with Crippen LogP contribution in [0.15, 0.2) is 24.3 Å². The lowest BCUT2D eigenvalue weighted by Crippen LogP contribution is -2.36. The van der Waals surface area contributed by atoms with Gasteiger partial charge in [0.2, 0.25) is 5.91 Å². The number of rotatable bonds is 5. The number of carbonyl (C=O) groups excluding carboxylic acids is 1. The Morgan fingerprint density at radius 3 is 2.36 bits per heavy atom. The van der Waals surface area contributed by atoms with Gasteiger partial charge >= 0.3 is 0 Å². The molecule has 0 aromatic heterocycles. The van der Waals surface area contributed by atoms with Crippen molar-refractivity contribution >= 4 is 5.91 Å². The molecule has 2 rings (SSSR count). The zero-order valence-electron chi connectivity index (χ0n) is 14.2. The lowest BCUT2D eigenvalue weighted by Gasteiger charge is -2.22. The van der Waals surface area contributed by atoms with E-state index in [4.69, 9.17) is 4.74 Å². The summed E-state index contributed by atoms with van der Waals surface area (Å²) < 4.78 is 5.67. The van der Waals surface area contributed by atoms with Crippen LogP contribution in [0.25, 0.3) is 0 Å². The average Bonchev–Trinajstić information content (AvgIpc) is 2.48. The molecule has 3 nitrogen and oxygen atoms in total. The Bertz CT molecular complexity index is 467. The Hall–Kier alpha value is -1.51. The normalized spacial score (nSPS) is 16.3. The van der Waals surface area contributed by atoms with Crippen molar-refractivity contribution < 1.29 is 9.53 Å². The molecule has 1 amide bonds. The van der Waals surface area contributed by atoms with Crippen LogP contribution in [0, 0.1) is 0 Å². The second-order valence-electron chi connectivity index (χ2n) is 7.28. The van der Waals surface area contributed by atoms with Crippen LogP contribution in [-0.2, 0) is 10.2 Å². The molecule has 122 valence electrons. The molecule has 22 heavy (non-hydrogen) atoms. The fourth-order valence-corrected chi connectivity index (χ4v) is 2.86. The van der Waals surface area contributed by atoms with Gasteiger partial charge in [-0.3, -0.25) is 4.79 Å². The summed E-state index contributed by atoms with van der Waals surface area (Å²) in [4.78, 5) is 11.9. The summed E-state index contributed by atoms with van der Waals surface area (Å²) in [5.41, 5.74) is 1.44. The molecule has 1 N–H and O–H groups in total. The molecule has 0 aliphatic heterocycles. The molecule has 1 aliphatic carbocycles. The highest BCUT2D eigenvalue weighted by Gasteiger charge is 2.16. The number of hydrogen-bond acceptors (Lipinski definition) is 2. The smallest absolute Gasteiger partial charge is 0.223 e. The fraction of sp³-hybridized carbons (Fsp3) is 0.632. The molecule has 0 spiro atoms. The lowest BCUT2D eigenvalue weighted by molar-refractivity contribution is -0.122. The van der Waals surface area contributed by atoms with E-state index in [9.17, 15) is 4.79 Å². The quantitative estimate of drug-likeness (QED) is 0.885. The summed E-state index contributed by atoms with van der Waals surface area (Å²) >= 11 is 0. The lowest BCUT2D eigenvalue weighted by atomic mass is 9.87. The largest absolute Gasteiger partial charge is 0.493 e. The predicted octanol–water partition coefficient (Wildman–Crippen LogP) is 4.20. The minimum atomic E-state index is 0.109. The molecule has 3 heteroatoms. The first kappa shape index (κ1) is 16.9. The Morgan fingerprint density at radius 1 is 1.14 bits per heavy atom. The van der Waals surface area contributed by atoms with Crippen LogP contribution < -0.4 is 10.1 Å². The number of ether oxygens (including phenoxy) is 1. The molecule has 0 unspecified atom stereocenters. The van der Waals surface area contributed by atoms with Crippen LogP contribution in [0.1, 0.15) is 64.9 Å². The molecule has 1 aromatic carbocycles. The second kappa shape index (κ2) is 7.66. The molecule has 1 fully saturated rings. The third kappa shape index (κ3) is 5.36. The van der Waals surface area contributed by atoms with Gasteiger partial charge in [-0.15, -0.1) is 0 Å². The van der Waals surface area contributed by atoms with Crippen LogP contribution in [-0.4, -0.2) is 18.6 Å². The van der Waals surface area contributed by atoms with E-state index in [1.54, 1.807) is 0 Å². The molecule has 1 aliphatic rings. The van der Waals surface area contributed by atoms with E-state index in [0.717, 1.165) is 18.6 Å². The second-order valence-corrected chi connectivity index (χ2v) is 7.28. The van der Waals surface area contributed by atoms with E-state index in [0.29, 0.717) is 19.1 Å². The van der Waals surface area contributed by atoms with Crippen molar-refractivity contribution in [3.63, 3.8) is 0 Å². The van der Waals surface area contributed by atoms with Gasteiger partial charge in [0.1, 0.15) is 5.75 Å². The van der Waals surface area contributed by atoms with Crippen molar-refractivity contribution in [3.8, 4) is 5.75 Å². The van der Waals surface area contributed by atoms with Crippen molar-refractivity contribution in [2.75, 3.05) is 6.61 Å². The number of nitrogens with one attached hydrogen (secondary N) is 1. The molecule has 0 bridgehead atoms. The number of carbonyl (C=O) groups is 1. The number of hydrogen-bond donors (Lipinski definition) is 1. The van der Waals surface area contributed by atoms with Crippen LogP contribution in [0.4, 0.5) is 0 Å². The van der Waals surface area contributed by atoms with E-state index < -0.39 is 0 Å². The fourth-order valence-electron chi connectivity index (χ4n) is 2.86. The monoisotopic (exact) mass is 303 g/mol. The highest BCUT2D eigenvalue weighted by molar-refractivity contribution is 5.76. The standard InChI is InChI=1S/C19H29NO2/c1-19(2,3)15-9-11-17(12-10-15)22-14-13-18(21)20-16-7-5-4-6-8-16/h9-12,16H,4-8,13-14H2,1-3H3,(H,20,21). The summed E-state index contributed by atoms with van der Waals surface area (Å²) in [6.45, 7) is 7.02. The van der Waals surface area contributed by atoms with Crippen molar-refractivity contribution in [1.82, 2.24) is 5.32 Å². The summed E-state index contributed by atoms with van der Waals surface area (Å²) in [5, 5.41) is 3.12. The van der Waals surface area contributed by atoms with Crippen LogP contribution in [0.3, 0.4) is 0 Å². The molecule has 0 radical (unpaired) electrons. The molecule has 0 atom stereocenters. The summed E-state index contributed by atoms with van der Waals surface area (Å²) in [7, 11) is 0. The average molecular weight is 303 g/mol. The number of benzene rings is 1. The minimum Gasteiger partial charge on any atom is -0.493 e. The maximum absolute atomic E-state index is 11.9. The third-order valence-corrected chi connectivity index (χ3v) is 4.29. The van der Waals surface area contributed by atoms with Gasteiger partial charge in [-0.2, -0.15) is 0 Å². The van der Waals surface area contributed by atoms with Crippen LogP contribution in [0.5, 0.6) is 5.75 Å². The van der Waals surface area contributed by atoms with Gasteiger partial charge in [0.15, 0.2) is 0 Å². The van der Waals surface area contributed by atoms with Gasteiger partial charge in [-0.05, 0) is 36.0 Å². The van der Waals surface area contributed by atoms with Crippen molar-refractivity contribution in [3.05, 3.63) is 29.8 Å². The van der Waals surface area contributed by atoms with E-state index in [1.165, 1.54) is 24.8 Å². The van der Waals surface area contributed by atoms with E-state index in [1.807, 2.05) is 12.1 Å². The van der Waals surface area contributed by atoms with Gasteiger partial charge in [-0.25, -0.2) is 0 Å². The first-order valence-electron chi connectivity index (χ1n) is 8.48. The molecule has 1 aromatic rings. The molecular weight excluding hydrogens is 274 g/mol. The van der Waals surface area contributed by atoms with Gasteiger partial charge < -0.3 is 10.1 Å². The first-order chi connectivity index (χ1) is 10.4. The van der Waals surface area contributed by atoms with Gasteiger partial charge in [0.05, 0.1) is 13.0 Å². The Kier molecular flexibility index (Phi) is 5.87.